The van der Waals surface area contributed by atoms with E-state index < -0.39 is 45.1 Å². The van der Waals surface area contributed by atoms with Gasteiger partial charge >= 0.3 is 0 Å². The molecule has 0 spiro atoms. The molecule has 2 bridgehead atoms. The molecule has 1 saturated heterocycles. The van der Waals surface area contributed by atoms with Gasteiger partial charge < -0.3 is 0 Å². The highest BCUT2D eigenvalue weighted by Gasteiger charge is 2.83. The Morgan fingerprint density at radius 3 is 1.38 bits per heavy atom. The molecule has 0 N–H and O–H groups in total. The molecule has 8 rings (SSSR count). The Morgan fingerprint density at radius 1 is 0.562 bits per heavy atom. The summed E-state index contributed by atoms with van der Waals surface area (Å²) >= 11 is 12.8. The number of amides is 2. The zero-order chi connectivity index (χ0) is 33.4. The van der Waals surface area contributed by atoms with Crippen LogP contribution in [0.15, 0.2) is 133 Å². The maximum Gasteiger partial charge on any atom is 0.293 e. The normalized spacial score (nSPS) is 24.4. The number of hydrogen-bond acceptors (Lipinski definition) is 5. The average molecular weight is 672 g/mol. The number of allylic oxidation sites excluding steroid dienone is 2. The standard InChI is InChI=1S/C39H24Cl2N2O5/c40-27-19-15-25(16-20-27)38-31(23-9-3-1-4-10-23)32(24-11-5-2-6-12-24)39(37(38)46,26-17-21-28(41)22-18-26)34-33(38)35(44)42(36(34)45)29-13-7-8-14-30(29)43(47)48/h1-22,33-34H. The van der Waals surface area contributed by atoms with Gasteiger partial charge in [-0.1, -0.05) is 120 Å². The number of carbonyl (C=O) groups excluding carboxylic acids is 3. The second kappa shape index (κ2) is 10.8. The first-order chi connectivity index (χ1) is 23.2. The van der Waals surface area contributed by atoms with Crippen molar-refractivity contribution in [2.24, 2.45) is 11.8 Å². The van der Waals surface area contributed by atoms with Crippen molar-refractivity contribution in [3.8, 4) is 0 Å². The number of nitro groups is 1. The van der Waals surface area contributed by atoms with E-state index >= 15 is 14.4 Å². The molecule has 1 saturated carbocycles. The molecule has 234 valence electrons. The van der Waals surface area contributed by atoms with Gasteiger partial charge in [0, 0.05) is 16.1 Å². The van der Waals surface area contributed by atoms with Gasteiger partial charge in [0.05, 0.1) is 27.6 Å². The van der Waals surface area contributed by atoms with Gasteiger partial charge in [0.1, 0.15) is 5.69 Å². The van der Waals surface area contributed by atoms with Crippen molar-refractivity contribution in [2.45, 2.75) is 10.8 Å². The molecule has 3 aliphatic rings. The third-order valence-electron chi connectivity index (χ3n) is 10.0. The molecule has 1 aliphatic heterocycles. The SMILES string of the molecule is O=C1C2C(C(=O)N1c1ccccc1[N+](=O)[O-])C1(c3ccc(Cl)cc3)C(=O)C2(c2ccc(Cl)cc2)C(c2ccccc2)=C1c1ccccc1. The molecule has 2 fully saturated rings. The van der Waals surface area contributed by atoms with Crippen LogP contribution >= 0.6 is 23.2 Å². The minimum Gasteiger partial charge on any atom is -0.297 e. The molecule has 4 atom stereocenters. The van der Waals surface area contributed by atoms with E-state index in [1.807, 2.05) is 60.7 Å². The molecule has 2 amide bonds. The number of fused-ring (bicyclic) bond motifs is 5. The van der Waals surface area contributed by atoms with Crippen LogP contribution in [0.25, 0.3) is 11.1 Å². The van der Waals surface area contributed by atoms with E-state index in [1.54, 1.807) is 54.6 Å². The Morgan fingerprint density at radius 2 is 0.958 bits per heavy atom. The van der Waals surface area contributed by atoms with Crippen molar-refractivity contribution in [1.82, 2.24) is 0 Å². The van der Waals surface area contributed by atoms with Gasteiger partial charge in [-0.05, 0) is 63.7 Å². The fourth-order valence-electron chi connectivity index (χ4n) is 8.40. The first-order valence-corrected chi connectivity index (χ1v) is 16.0. The van der Waals surface area contributed by atoms with Crippen LogP contribution in [-0.4, -0.2) is 22.5 Å². The molecular weight excluding hydrogens is 647 g/mol. The van der Waals surface area contributed by atoms with Crippen molar-refractivity contribution in [2.75, 3.05) is 4.90 Å². The predicted octanol–water partition coefficient (Wildman–Crippen LogP) is 8.09. The van der Waals surface area contributed by atoms with Crippen LogP contribution in [0.3, 0.4) is 0 Å². The number of imide groups is 1. The van der Waals surface area contributed by atoms with E-state index in [0.717, 1.165) is 4.90 Å². The number of anilines is 1. The second-order valence-corrected chi connectivity index (χ2v) is 13.0. The molecule has 48 heavy (non-hydrogen) atoms. The summed E-state index contributed by atoms with van der Waals surface area (Å²) in [6.07, 6.45) is 0. The number of para-hydroxylation sites is 2. The van der Waals surface area contributed by atoms with Gasteiger partial charge in [-0.2, -0.15) is 0 Å². The molecule has 1 heterocycles. The Labute approximate surface area is 285 Å². The fraction of sp³-hybridized carbons (Fsp3) is 0.103. The van der Waals surface area contributed by atoms with Crippen LogP contribution in [-0.2, 0) is 25.2 Å². The largest absolute Gasteiger partial charge is 0.297 e. The number of hydrogen-bond donors (Lipinski definition) is 0. The Balaban J connectivity index is 1.56. The topological polar surface area (TPSA) is 97.6 Å². The van der Waals surface area contributed by atoms with E-state index in [9.17, 15) is 10.1 Å². The smallest absolute Gasteiger partial charge is 0.293 e. The number of rotatable bonds is 6. The number of nitrogens with zero attached hydrogens (tertiary/aromatic N) is 2. The molecule has 4 unspecified atom stereocenters. The average Bonchev–Trinajstić information content (AvgIpc) is 3.61. The molecule has 5 aromatic carbocycles. The van der Waals surface area contributed by atoms with Crippen LogP contribution in [0.2, 0.25) is 10.0 Å². The van der Waals surface area contributed by atoms with Crippen molar-refractivity contribution < 1.29 is 19.3 Å². The van der Waals surface area contributed by atoms with Crippen LogP contribution in [0.4, 0.5) is 11.4 Å². The summed E-state index contributed by atoms with van der Waals surface area (Å²) in [6.45, 7) is 0. The first-order valence-electron chi connectivity index (χ1n) is 15.3. The molecule has 2 aliphatic carbocycles. The van der Waals surface area contributed by atoms with Crippen LogP contribution in [0, 0.1) is 22.0 Å². The minimum absolute atomic E-state index is 0.140. The maximum atomic E-state index is 15.9. The lowest BCUT2D eigenvalue weighted by Crippen LogP contribution is -2.45. The second-order valence-electron chi connectivity index (χ2n) is 12.2. The summed E-state index contributed by atoms with van der Waals surface area (Å²) in [4.78, 5) is 58.6. The highest BCUT2D eigenvalue weighted by atomic mass is 35.5. The number of halogens is 2. The van der Waals surface area contributed by atoms with E-state index in [4.69, 9.17) is 23.2 Å². The van der Waals surface area contributed by atoms with Gasteiger partial charge in [0.15, 0.2) is 5.78 Å². The number of ketones is 1. The molecule has 5 aromatic rings. The van der Waals surface area contributed by atoms with Crippen LogP contribution in [0.1, 0.15) is 22.3 Å². The predicted molar refractivity (Wildman–Crippen MR) is 184 cm³/mol. The van der Waals surface area contributed by atoms with E-state index in [1.165, 1.54) is 18.2 Å². The fourth-order valence-corrected chi connectivity index (χ4v) is 8.65. The van der Waals surface area contributed by atoms with Crippen LogP contribution in [0.5, 0.6) is 0 Å². The van der Waals surface area contributed by atoms with E-state index in [-0.39, 0.29) is 11.5 Å². The summed E-state index contributed by atoms with van der Waals surface area (Å²) in [5, 5.41) is 13.1. The summed E-state index contributed by atoms with van der Waals surface area (Å²) in [7, 11) is 0. The lowest BCUT2D eigenvalue weighted by Gasteiger charge is -2.39. The summed E-state index contributed by atoms with van der Waals surface area (Å²) in [5.74, 6) is -4.16. The minimum atomic E-state index is -1.67. The van der Waals surface area contributed by atoms with Gasteiger partial charge in [-0.15, -0.1) is 0 Å². The summed E-state index contributed by atoms with van der Waals surface area (Å²) < 4.78 is 0. The molecule has 7 nitrogen and oxygen atoms in total. The lowest BCUT2D eigenvalue weighted by molar-refractivity contribution is -0.384. The zero-order valence-electron chi connectivity index (χ0n) is 25.0. The zero-order valence-corrected chi connectivity index (χ0v) is 26.6. The molecular formula is C39H24Cl2N2O5. The first kappa shape index (κ1) is 30.0. The van der Waals surface area contributed by atoms with E-state index in [2.05, 4.69) is 0 Å². The van der Waals surface area contributed by atoms with Crippen molar-refractivity contribution >= 4 is 63.3 Å². The van der Waals surface area contributed by atoms with Crippen molar-refractivity contribution in [3.63, 3.8) is 0 Å². The number of carbonyl (C=O) groups is 3. The van der Waals surface area contributed by atoms with Gasteiger partial charge in [-0.3, -0.25) is 24.5 Å². The molecule has 0 aromatic heterocycles. The number of nitro benzene ring substituents is 1. The van der Waals surface area contributed by atoms with Gasteiger partial charge in [0.25, 0.3) is 5.69 Å². The van der Waals surface area contributed by atoms with Crippen LogP contribution < -0.4 is 4.90 Å². The Hall–Kier alpha value is -5.37. The van der Waals surface area contributed by atoms with Crippen molar-refractivity contribution in [3.05, 3.63) is 176 Å². The van der Waals surface area contributed by atoms with Crippen molar-refractivity contribution in [1.29, 1.82) is 0 Å². The number of Topliss-reactive ketones (excluding diaryl/α,β-unsaturated/α-hetero) is 1. The molecule has 9 heteroatoms. The Kier molecular flexibility index (Phi) is 6.77. The third-order valence-corrected chi connectivity index (χ3v) is 10.5. The van der Waals surface area contributed by atoms with Gasteiger partial charge in [-0.25, -0.2) is 4.90 Å². The monoisotopic (exact) mass is 670 g/mol. The summed E-state index contributed by atoms with van der Waals surface area (Å²) in [6, 6.07) is 38.1. The number of benzene rings is 5. The van der Waals surface area contributed by atoms with E-state index in [0.29, 0.717) is 43.4 Å². The highest BCUT2D eigenvalue weighted by molar-refractivity contribution is 6.39. The van der Waals surface area contributed by atoms with Gasteiger partial charge in [0.2, 0.25) is 11.8 Å². The quantitative estimate of drug-likeness (QED) is 0.103. The maximum absolute atomic E-state index is 15.9. The highest BCUT2D eigenvalue weighted by Crippen LogP contribution is 2.74. The molecule has 0 radical (unpaired) electrons. The Bertz CT molecular complexity index is 2080. The third kappa shape index (κ3) is 3.80. The lowest BCUT2D eigenvalue weighted by atomic mass is 9.59. The summed E-state index contributed by atoms with van der Waals surface area (Å²) in [5.41, 5.74) is -0.268.